The van der Waals surface area contributed by atoms with E-state index in [0.29, 0.717) is 13.0 Å². The number of carboxylic acid groups (broad SMARTS) is 1. The maximum atomic E-state index is 13.3. The molecule has 1 aromatic carbocycles. The van der Waals surface area contributed by atoms with E-state index in [-0.39, 0.29) is 5.82 Å². The zero-order valence-corrected chi connectivity index (χ0v) is 10.7. The Morgan fingerprint density at radius 3 is 2.89 bits per heavy atom. The van der Waals surface area contributed by atoms with Crippen LogP contribution in [-0.2, 0) is 11.2 Å². The van der Waals surface area contributed by atoms with Crippen molar-refractivity contribution < 1.29 is 14.3 Å². The molecular formula is C14H18FNO2. The molecule has 18 heavy (non-hydrogen) atoms. The Morgan fingerprint density at radius 2 is 2.28 bits per heavy atom. The van der Waals surface area contributed by atoms with Crippen LogP contribution in [0, 0.1) is 11.2 Å². The van der Waals surface area contributed by atoms with Crippen LogP contribution in [0.3, 0.4) is 0 Å². The minimum absolute atomic E-state index is 0.269. The third-order valence-corrected chi connectivity index (χ3v) is 3.88. The van der Waals surface area contributed by atoms with Gasteiger partial charge in [0.05, 0.1) is 5.41 Å². The molecule has 1 aromatic rings. The Morgan fingerprint density at radius 1 is 1.56 bits per heavy atom. The molecule has 1 N–H and O–H groups in total. The summed E-state index contributed by atoms with van der Waals surface area (Å²) in [6.45, 7) is 4.81. The van der Waals surface area contributed by atoms with Gasteiger partial charge in [0.2, 0.25) is 0 Å². The molecule has 0 bridgehead atoms. The van der Waals surface area contributed by atoms with Gasteiger partial charge in [-0.25, -0.2) is 4.39 Å². The van der Waals surface area contributed by atoms with Gasteiger partial charge in [-0.2, -0.15) is 0 Å². The van der Waals surface area contributed by atoms with E-state index in [2.05, 4.69) is 0 Å². The van der Waals surface area contributed by atoms with Crippen molar-refractivity contribution in [1.29, 1.82) is 0 Å². The van der Waals surface area contributed by atoms with E-state index in [9.17, 15) is 14.3 Å². The average molecular weight is 251 g/mol. The zero-order chi connectivity index (χ0) is 13.3. The smallest absolute Gasteiger partial charge is 0.311 e. The van der Waals surface area contributed by atoms with Crippen molar-refractivity contribution in [2.75, 3.05) is 18.0 Å². The second kappa shape index (κ2) is 4.59. The van der Waals surface area contributed by atoms with E-state index in [4.69, 9.17) is 0 Å². The molecule has 1 aliphatic rings. The van der Waals surface area contributed by atoms with Crippen molar-refractivity contribution in [3.05, 3.63) is 29.6 Å². The molecule has 1 atom stereocenters. The first-order chi connectivity index (χ1) is 8.46. The molecule has 1 aliphatic heterocycles. The van der Waals surface area contributed by atoms with Crippen LogP contribution < -0.4 is 4.90 Å². The van der Waals surface area contributed by atoms with Crippen LogP contribution in [0.4, 0.5) is 10.1 Å². The first-order valence-electron chi connectivity index (χ1n) is 6.23. The van der Waals surface area contributed by atoms with E-state index in [0.717, 1.165) is 24.2 Å². The number of hydrogen-bond acceptors (Lipinski definition) is 2. The van der Waals surface area contributed by atoms with Gasteiger partial charge in [0.25, 0.3) is 0 Å². The molecule has 2 rings (SSSR count). The lowest BCUT2D eigenvalue weighted by atomic mass is 9.87. The Labute approximate surface area is 106 Å². The highest BCUT2D eigenvalue weighted by Crippen LogP contribution is 2.33. The van der Waals surface area contributed by atoms with Crippen LogP contribution in [-0.4, -0.2) is 24.2 Å². The lowest BCUT2D eigenvalue weighted by Crippen LogP contribution is -2.40. The van der Waals surface area contributed by atoms with Crippen molar-refractivity contribution in [3.63, 3.8) is 0 Å². The minimum atomic E-state index is -0.796. The number of halogens is 1. The number of hydrogen-bond donors (Lipinski definition) is 1. The molecule has 3 nitrogen and oxygen atoms in total. The maximum absolute atomic E-state index is 13.3. The Kier molecular flexibility index (Phi) is 3.28. The topological polar surface area (TPSA) is 40.5 Å². The van der Waals surface area contributed by atoms with E-state index in [1.165, 1.54) is 12.1 Å². The quantitative estimate of drug-likeness (QED) is 0.894. The van der Waals surface area contributed by atoms with Gasteiger partial charge in [-0.1, -0.05) is 13.0 Å². The molecular weight excluding hydrogens is 233 g/mol. The summed E-state index contributed by atoms with van der Waals surface area (Å²) in [4.78, 5) is 13.3. The summed E-state index contributed by atoms with van der Waals surface area (Å²) in [6.07, 6.45) is 1.42. The molecule has 0 fully saturated rings. The van der Waals surface area contributed by atoms with Gasteiger partial charge >= 0.3 is 5.97 Å². The first kappa shape index (κ1) is 12.9. The van der Waals surface area contributed by atoms with Gasteiger partial charge in [0.15, 0.2) is 0 Å². The second-order valence-corrected chi connectivity index (χ2v) is 5.16. The van der Waals surface area contributed by atoms with Crippen molar-refractivity contribution in [2.24, 2.45) is 5.41 Å². The van der Waals surface area contributed by atoms with Gasteiger partial charge in [-0.3, -0.25) is 4.79 Å². The van der Waals surface area contributed by atoms with E-state index in [1.54, 1.807) is 13.0 Å². The lowest BCUT2D eigenvalue weighted by Gasteiger charge is -2.30. The van der Waals surface area contributed by atoms with Gasteiger partial charge in [-0.05, 0) is 37.5 Å². The van der Waals surface area contributed by atoms with Crippen molar-refractivity contribution in [1.82, 2.24) is 0 Å². The lowest BCUT2D eigenvalue weighted by molar-refractivity contribution is -0.147. The van der Waals surface area contributed by atoms with Crippen LogP contribution in [0.2, 0.25) is 0 Å². The number of aliphatic carboxylic acids is 1. The largest absolute Gasteiger partial charge is 0.481 e. The molecule has 0 saturated heterocycles. The monoisotopic (exact) mass is 251 g/mol. The standard InChI is InChI=1S/C14H18FNO2/c1-3-14(2,13(17)18)9-16-7-6-10-4-5-11(15)8-12(10)16/h4-5,8H,3,6-7,9H2,1-2H3,(H,17,18). The third-order valence-electron chi connectivity index (χ3n) is 3.88. The number of carboxylic acids is 1. The number of rotatable bonds is 4. The van der Waals surface area contributed by atoms with Gasteiger partial charge < -0.3 is 10.0 Å². The van der Waals surface area contributed by atoms with E-state index in [1.807, 2.05) is 11.8 Å². The predicted octanol–water partition coefficient (Wildman–Crippen LogP) is 2.69. The summed E-state index contributed by atoms with van der Waals surface area (Å²) in [7, 11) is 0. The predicted molar refractivity (Wildman–Crippen MR) is 68.4 cm³/mol. The van der Waals surface area contributed by atoms with Crippen molar-refractivity contribution in [3.8, 4) is 0 Å². The Balaban J connectivity index is 2.24. The van der Waals surface area contributed by atoms with Crippen LogP contribution in [0.15, 0.2) is 18.2 Å². The van der Waals surface area contributed by atoms with Gasteiger partial charge in [-0.15, -0.1) is 0 Å². The van der Waals surface area contributed by atoms with Crippen LogP contribution in [0.5, 0.6) is 0 Å². The third kappa shape index (κ3) is 2.19. The fraction of sp³-hybridized carbons (Fsp3) is 0.500. The summed E-state index contributed by atoms with van der Waals surface area (Å²) in [5, 5.41) is 9.29. The zero-order valence-electron chi connectivity index (χ0n) is 10.7. The van der Waals surface area contributed by atoms with Crippen LogP contribution in [0.1, 0.15) is 25.8 Å². The molecule has 0 aliphatic carbocycles. The van der Waals surface area contributed by atoms with Crippen molar-refractivity contribution in [2.45, 2.75) is 26.7 Å². The first-order valence-corrected chi connectivity index (χ1v) is 6.23. The molecule has 0 amide bonds. The van der Waals surface area contributed by atoms with E-state index < -0.39 is 11.4 Å². The fourth-order valence-electron chi connectivity index (χ4n) is 2.33. The fourth-order valence-corrected chi connectivity index (χ4v) is 2.33. The number of anilines is 1. The molecule has 0 spiro atoms. The van der Waals surface area contributed by atoms with Crippen molar-refractivity contribution >= 4 is 11.7 Å². The summed E-state index contributed by atoms with van der Waals surface area (Å²) < 4.78 is 13.3. The molecule has 0 aromatic heterocycles. The van der Waals surface area contributed by atoms with Crippen LogP contribution in [0.25, 0.3) is 0 Å². The summed E-state index contributed by atoms with van der Waals surface area (Å²) in [5.74, 6) is -1.07. The Bertz CT molecular complexity index is 475. The molecule has 0 saturated carbocycles. The SMILES string of the molecule is CCC(C)(CN1CCc2ccc(F)cc21)C(=O)O. The van der Waals surface area contributed by atoms with E-state index >= 15 is 0 Å². The van der Waals surface area contributed by atoms with Gasteiger partial charge in [0.1, 0.15) is 5.82 Å². The minimum Gasteiger partial charge on any atom is -0.481 e. The number of nitrogens with zero attached hydrogens (tertiary/aromatic N) is 1. The molecule has 4 heteroatoms. The molecule has 98 valence electrons. The summed E-state index contributed by atoms with van der Waals surface area (Å²) >= 11 is 0. The highest BCUT2D eigenvalue weighted by molar-refractivity contribution is 5.75. The second-order valence-electron chi connectivity index (χ2n) is 5.16. The summed E-state index contributed by atoms with van der Waals surface area (Å²) in [5.41, 5.74) is 1.16. The highest BCUT2D eigenvalue weighted by Gasteiger charge is 2.35. The number of fused-ring (bicyclic) bond motifs is 1. The molecule has 1 heterocycles. The summed E-state index contributed by atoms with van der Waals surface area (Å²) in [6, 6.07) is 4.74. The van der Waals surface area contributed by atoms with Crippen LogP contribution >= 0.6 is 0 Å². The molecule has 0 radical (unpaired) electrons. The Hall–Kier alpha value is -1.58. The average Bonchev–Trinajstić information content (AvgIpc) is 2.71. The maximum Gasteiger partial charge on any atom is 0.311 e. The number of benzene rings is 1. The highest BCUT2D eigenvalue weighted by atomic mass is 19.1. The van der Waals surface area contributed by atoms with Gasteiger partial charge in [0, 0.05) is 18.8 Å². The normalized spacial score (nSPS) is 17.4. The molecule has 1 unspecified atom stereocenters. The number of carbonyl (C=O) groups is 1.